The van der Waals surface area contributed by atoms with Gasteiger partial charge in [0.05, 0.1) is 12.7 Å². The maximum absolute atomic E-state index is 12.8. The summed E-state index contributed by atoms with van der Waals surface area (Å²) in [4.78, 5) is 27.2. The molecule has 0 saturated carbocycles. The highest BCUT2D eigenvalue weighted by Crippen LogP contribution is 2.40. The quantitative estimate of drug-likeness (QED) is 0.739. The molecule has 2 aromatic carbocycles. The summed E-state index contributed by atoms with van der Waals surface area (Å²) in [6.07, 6.45) is -0.103. The topological polar surface area (TPSA) is 74.3 Å². The first-order chi connectivity index (χ1) is 14.1. The minimum atomic E-state index is -0.896. The molecule has 0 fully saturated rings. The summed E-state index contributed by atoms with van der Waals surface area (Å²) in [5.41, 5.74) is 2.63. The zero-order valence-corrected chi connectivity index (χ0v) is 16.5. The van der Waals surface area contributed by atoms with Gasteiger partial charge in [0.2, 0.25) is 5.75 Å². The maximum Gasteiger partial charge on any atom is 0.339 e. The van der Waals surface area contributed by atoms with E-state index in [9.17, 15) is 9.59 Å². The number of ether oxygens (including phenoxy) is 4. The van der Waals surface area contributed by atoms with E-state index in [2.05, 4.69) is 6.07 Å². The number of methoxy groups -OCH3 is 1. The number of carbonyl (C=O) groups excluding carboxylic acids is 2. The molecule has 0 aromatic heterocycles. The van der Waals surface area contributed by atoms with Crippen LogP contribution < -0.4 is 14.2 Å². The van der Waals surface area contributed by atoms with Crippen LogP contribution in [0.15, 0.2) is 36.4 Å². The highest BCUT2D eigenvalue weighted by atomic mass is 16.6. The summed E-state index contributed by atoms with van der Waals surface area (Å²) in [7, 11) is 1.49. The number of nitrogens with zero attached hydrogens (tertiary/aromatic N) is 1. The fraction of sp³-hybridized carbons (Fsp3) is 0.364. The van der Waals surface area contributed by atoms with Gasteiger partial charge in [-0.3, -0.25) is 4.79 Å². The van der Waals surface area contributed by atoms with Gasteiger partial charge in [0.15, 0.2) is 17.6 Å². The number of esters is 1. The molecule has 2 heterocycles. The Morgan fingerprint density at radius 2 is 1.86 bits per heavy atom. The van der Waals surface area contributed by atoms with E-state index >= 15 is 0 Å². The Labute approximate surface area is 169 Å². The molecule has 0 radical (unpaired) electrons. The van der Waals surface area contributed by atoms with Crippen LogP contribution in [0.25, 0.3) is 0 Å². The Hall–Kier alpha value is -3.22. The number of fused-ring (bicyclic) bond motifs is 2. The molecular formula is C22H23NO6. The van der Waals surface area contributed by atoms with Crippen LogP contribution in [0.4, 0.5) is 0 Å². The third-order valence-electron chi connectivity index (χ3n) is 5.14. The molecule has 1 amide bonds. The van der Waals surface area contributed by atoms with Crippen molar-refractivity contribution in [1.82, 2.24) is 4.90 Å². The standard InChI is InChI=1S/C22H23NO6/c1-14(21(24)23-8-7-15-5-3-4-6-16(15)13-23)29-22(25)17-11-18(26-2)20-19(12-17)27-9-10-28-20/h3-6,11-12,14H,7-10,13H2,1-2H3/t14-/m1/s1. The predicted octanol–water partition coefficient (Wildman–Crippen LogP) is 2.60. The molecular weight excluding hydrogens is 374 g/mol. The van der Waals surface area contributed by atoms with E-state index in [1.807, 2.05) is 18.2 Å². The molecule has 0 spiro atoms. The van der Waals surface area contributed by atoms with E-state index < -0.39 is 12.1 Å². The number of hydrogen-bond donors (Lipinski definition) is 0. The average Bonchev–Trinajstić information content (AvgIpc) is 2.77. The lowest BCUT2D eigenvalue weighted by Gasteiger charge is -2.30. The number of amides is 1. The predicted molar refractivity (Wildman–Crippen MR) is 104 cm³/mol. The molecule has 2 aromatic rings. The lowest BCUT2D eigenvalue weighted by molar-refractivity contribution is -0.140. The van der Waals surface area contributed by atoms with Gasteiger partial charge in [-0.25, -0.2) is 4.79 Å². The van der Waals surface area contributed by atoms with Gasteiger partial charge in [-0.05, 0) is 36.6 Å². The fourth-order valence-electron chi connectivity index (χ4n) is 3.61. The smallest absolute Gasteiger partial charge is 0.339 e. The second kappa shape index (κ2) is 8.03. The van der Waals surface area contributed by atoms with Gasteiger partial charge < -0.3 is 23.8 Å². The Morgan fingerprint density at radius 3 is 2.66 bits per heavy atom. The van der Waals surface area contributed by atoms with E-state index in [4.69, 9.17) is 18.9 Å². The molecule has 2 aliphatic rings. The first-order valence-electron chi connectivity index (χ1n) is 9.61. The minimum absolute atomic E-state index is 0.211. The molecule has 0 bridgehead atoms. The van der Waals surface area contributed by atoms with E-state index in [0.29, 0.717) is 43.6 Å². The third kappa shape index (κ3) is 3.85. The molecule has 0 unspecified atom stereocenters. The third-order valence-corrected chi connectivity index (χ3v) is 5.14. The number of carbonyl (C=O) groups is 2. The van der Waals surface area contributed by atoms with Gasteiger partial charge in [0.1, 0.15) is 13.2 Å². The molecule has 1 atom stereocenters. The molecule has 2 aliphatic heterocycles. The van der Waals surface area contributed by atoms with Crippen molar-refractivity contribution in [3.05, 3.63) is 53.1 Å². The normalized spacial score (nSPS) is 15.9. The van der Waals surface area contributed by atoms with Crippen LogP contribution in [0, 0.1) is 0 Å². The Morgan fingerprint density at radius 1 is 1.10 bits per heavy atom. The van der Waals surface area contributed by atoms with Gasteiger partial charge in [-0.1, -0.05) is 24.3 Å². The number of hydrogen-bond acceptors (Lipinski definition) is 6. The highest BCUT2D eigenvalue weighted by Gasteiger charge is 2.28. The Balaban J connectivity index is 1.45. The zero-order valence-electron chi connectivity index (χ0n) is 16.5. The monoisotopic (exact) mass is 397 g/mol. The minimum Gasteiger partial charge on any atom is -0.493 e. The lowest BCUT2D eigenvalue weighted by Crippen LogP contribution is -2.42. The molecule has 0 aliphatic carbocycles. The van der Waals surface area contributed by atoms with Gasteiger partial charge in [-0.2, -0.15) is 0 Å². The van der Waals surface area contributed by atoms with Gasteiger partial charge in [0.25, 0.3) is 5.91 Å². The molecule has 7 heteroatoms. The SMILES string of the molecule is COc1cc(C(=O)O[C@H](C)C(=O)N2CCc3ccccc3C2)cc2c1OCCO2. The van der Waals surface area contributed by atoms with Crippen LogP contribution in [0.1, 0.15) is 28.4 Å². The van der Waals surface area contributed by atoms with Crippen molar-refractivity contribution in [3.63, 3.8) is 0 Å². The first-order valence-corrected chi connectivity index (χ1v) is 9.61. The van der Waals surface area contributed by atoms with E-state index in [1.165, 1.54) is 18.7 Å². The van der Waals surface area contributed by atoms with Gasteiger partial charge >= 0.3 is 5.97 Å². The summed E-state index contributed by atoms with van der Waals surface area (Å²) in [5, 5.41) is 0. The summed E-state index contributed by atoms with van der Waals surface area (Å²) in [5.74, 6) is 0.456. The van der Waals surface area contributed by atoms with E-state index in [-0.39, 0.29) is 11.5 Å². The Kier molecular flexibility index (Phi) is 5.29. The molecule has 29 heavy (non-hydrogen) atoms. The zero-order chi connectivity index (χ0) is 20.4. The van der Waals surface area contributed by atoms with Crippen molar-refractivity contribution in [2.24, 2.45) is 0 Å². The van der Waals surface area contributed by atoms with Crippen molar-refractivity contribution in [1.29, 1.82) is 0 Å². The van der Waals surface area contributed by atoms with E-state index in [0.717, 1.165) is 12.0 Å². The van der Waals surface area contributed by atoms with Crippen molar-refractivity contribution in [3.8, 4) is 17.2 Å². The Bertz CT molecular complexity index is 924. The van der Waals surface area contributed by atoms with Crippen molar-refractivity contribution in [2.75, 3.05) is 26.9 Å². The van der Waals surface area contributed by atoms with E-state index in [1.54, 1.807) is 17.9 Å². The van der Waals surface area contributed by atoms with Crippen molar-refractivity contribution >= 4 is 11.9 Å². The molecule has 0 N–H and O–H groups in total. The first kappa shape index (κ1) is 19.1. The second-order valence-corrected chi connectivity index (χ2v) is 7.03. The van der Waals surface area contributed by atoms with Crippen molar-refractivity contribution in [2.45, 2.75) is 26.0 Å². The largest absolute Gasteiger partial charge is 0.493 e. The number of rotatable bonds is 4. The van der Waals surface area contributed by atoms with Crippen LogP contribution >= 0.6 is 0 Å². The number of benzene rings is 2. The van der Waals surface area contributed by atoms with Crippen LogP contribution in [0.3, 0.4) is 0 Å². The van der Waals surface area contributed by atoms with Crippen LogP contribution in [-0.4, -0.2) is 49.7 Å². The van der Waals surface area contributed by atoms with Gasteiger partial charge in [-0.15, -0.1) is 0 Å². The summed E-state index contributed by atoms with van der Waals surface area (Å²) >= 11 is 0. The summed E-state index contributed by atoms with van der Waals surface area (Å²) in [6, 6.07) is 11.1. The average molecular weight is 397 g/mol. The molecule has 0 saturated heterocycles. The summed E-state index contributed by atoms with van der Waals surface area (Å²) in [6.45, 7) is 3.53. The second-order valence-electron chi connectivity index (χ2n) is 7.03. The van der Waals surface area contributed by atoms with Crippen LogP contribution in [-0.2, 0) is 22.5 Å². The maximum atomic E-state index is 12.8. The van der Waals surface area contributed by atoms with Crippen LogP contribution in [0.2, 0.25) is 0 Å². The van der Waals surface area contributed by atoms with Gasteiger partial charge in [0, 0.05) is 13.1 Å². The molecule has 7 nitrogen and oxygen atoms in total. The lowest BCUT2D eigenvalue weighted by atomic mass is 9.99. The fourth-order valence-corrected chi connectivity index (χ4v) is 3.61. The van der Waals surface area contributed by atoms with Crippen molar-refractivity contribution < 1.29 is 28.5 Å². The molecule has 4 rings (SSSR count). The highest BCUT2D eigenvalue weighted by molar-refractivity contribution is 5.93. The summed E-state index contributed by atoms with van der Waals surface area (Å²) < 4.78 is 21.8. The van der Waals surface area contributed by atoms with Crippen LogP contribution in [0.5, 0.6) is 17.2 Å². The molecule has 152 valence electrons.